The number of aliphatic hydroxyl groups is 1. The molecule has 26 heavy (non-hydrogen) atoms. The molecule has 138 valence electrons. The highest BCUT2D eigenvalue weighted by Gasteiger charge is 2.37. The number of rotatable bonds is 6. The third kappa shape index (κ3) is 3.96. The monoisotopic (exact) mass is 362 g/mol. The number of aliphatic hydroxyl groups excluding tert-OH is 1. The first kappa shape index (κ1) is 18.2. The summed E-state index contributed by atoms with van der Waals surface area (Å²) in [6.45, 7) is 2.56. The molecule has 1 fully saturated rings. The van der Waals surface area contributed by atoms with Crippen LogP contribution in [0.5, 0.6) is 0 Å². The van der Waals surface area contributed by atoms with Gasteiger partial charge in [0.2, 0.25) is 5.95 Å². The Hall–Kier alpha value is -2.61. The van der Waals surface area contributed by atoms with Gasteiger partial charge in [0.15, 0.2) is 0 Å². The summed E-state index contributed by atoms with van der Waals surface area (Å²) >= 11 is 0. The summed E-state index contributed by atoms with van der Waals surface area (Å²) in [4.78, 5) is 20.6. The fraction of sp³-hybridized carbons (Fsp3) is 0.389. The van der Waals surface area contributed by atoms with Crippen molar-refractivity contribution in [2.24, 2.45) is 5.92 Å². The van der Waals surface area contributed by atoms with Gasteiger partial charge < -0.3 is 15.7 Å². The van der Waals surface area contributed by atoms with Crippen molar-refractivity contribution in [3.8, 4) is 0 Å². The lowest BCUT2D eigenvalue weighted by atomic mass is 9.75. The number of anilines is 1. The van der Waals surface area contributed by atoms with Gasteiger partial charge in [-0.3, -0.25) is 4.79 Å². The first-order valence-electron chi connectivity index (χ1n) is 8.47. The summed E-state index contributed by atoms with van der Waals surface area (Å²) in [6, 6.07) is 2.60. The molecule has 0 saturated heterocycles. The van der Waals surface area contributed by atoms with Crippen LogP contribution >= 0.6 is 0 Å². The van der Waals surface area contributed by atoms with Crippen molar-refractivity contribution in [3.63, 3.8) is 0 Å². The molecule has 1 aliphatic rings. The van der Waals surface area contributed by atoms with Gasteiger partial charge >= 0.3 is 0 Å². The number of amides is 1. The van der Waals surface area contributed by atoms with E-state index in [4.69, 9.17) is 0 Å². The highest BCUT2D eigenvalue weighted by atomic mass is 19.1. The lowest BCUT2D eigenvalue weighted by Crippen LogP contribution is -2.41. The Kier molecular flexibility index (Phi) is 5.41. The molecular weight excluding hydrogens is 342 g/mol. The second-order valence-corrected chi connectivity index (χ2v) is 6.33. The molecule has 2 aromatic rings. The van der Waals surface area contributed by atoms with E-state index in [0.29, 0.717) is 25.3 Å². The number of carbonyl (C=O) groups excluding carboxylic acids is 1. The zero-order valence-corrected chi connectivity index (χ0v) is 14.2. The third-order valence-corrected chi connectivity index (χ3v) is 4.45. The predicted molar refractivity (Wildman–Crippen MR) is 91.5 cm³/mol. The van der Waals surface area contributed by atoms with E-state index in [1.54, 1.807) is 0 Å². The molecule has 0 unspecified atom stereocenters. The van der Waals surface area contributed by atoms with E-state index in [1.807, 2.05) is 6.92 Å². The number of aromatic nitrogens is 2. The van der Waals surface area contributed by atoms with Gasteiger partial charge in [-0.1, -0.05) is 6.07 Å². The van der Waals surface area contributed by atoms with Crippen molar-refractivity contribution in [3.05, 3.63) is 53.4 Å². The number of hydrogen-bond acceptors (Lipinski definition) is 5. The van der Waals surface area contributed by atoms with Crippen molar-refractivity contribution in [2.75, 3.05) is 11.9 Å². The fourth-order valence-electron chi connectivity index (χ4n) is 3.02. The van der Waals surface area contributed by atoms with Gasteiger partial charge in [-0.15, -0.1) is 0 Å². The molecule has 1 aliphatic carbocycles. The summed E-state index contributed by atoms with van der Waals surface area (Å²) in [5, 5.41) is 15.3. The molecule has 6 nitrogen and oxygen atoms in total. The summed E-state index contributed by atoms with van der Waals surface area (Å²) in [5.41, 5.74) is 0.431. The number of hydrogen-bond donors (Lipinski definition) is 3. The molecule has 0 spiro atoms. The van der Waals surface area contributed by atoms with Crippen LogP contribution in [0.1, 0.15) is 41.7 Å². The van der Waals surface area contributed by atoms with Crippen molar-refractivity contribution >= 4 is 11.9 Å². The maximum atomic E-state index is 14.2. The Labute approximate surface area is 149 Å². The summed E-state index contributed by atoms with van der Waals surface area (Å²) in [5.74, 6) is -1.58. The van der Waals surface area contributed by atoms with Crippen molar-refractivity contribution in [2.45, 2.75) is 31.9 Å². The standard InChI is InChI=1S/C18H20F2N4O2/c1-2-21-18-22-8-11(9-23-18)17(26)24-16(10-5-13(25)6-10)14-4-3-12(19)7-15(14)20/h3-4,7-10,13,16,25H,2,5-6H2,1H3,(H,24,26)(H,21,22,23)/t10?,13?,16-/m0/s1. The van der Waals surface area contributed by atoms with E-state index in [1.165, 1.54) is 18.5 Å². The molecule has 1 saturated carbocycles. The number of carbonyl (C=O) groups is 1. The minimum absolute atomic E-state index is 0.129. The molecule has 0 aliphatic heterocycles. The second-order valence-electron chi connectivity index (χ2n) is 6.33. The SMILES string of the molecule is CCNc1ncc(C(=O)N[C@H](c2ccc(F)cc2F)C2CC(O)C2)cn1. The summed E-state index contributed by atoms with van der Waals surface area (Å²) in [7, 11) is 0. The van der Waals surface area contributed by atoms with Crippen LogP contribution in [0.2, 0.25) is 0 Å². The van der Waals surface area contributed by atoms with Gasteiger partial charge in [-0.25, -0.2) is 18.7 Å². The van der Waals surface area contributed by atoms with Gasteiger partial charge in [0.05, 0.1) is 17.7 Å². The van der Waals surface area contributed by atoms with E-state index in [-0.39, 0.29) is 17.0 Å². The van der Waals surface area contributed by atoms with Crippen molar-refractivity contribution in [1.82, 2.24) is 15.3 Å². The molecule has 0 radical (unpaired) electrons. The van der Waals surface area contributed by atoms with Gasteiger partial charge in [-0.2, -0.15) is 0 Å². The second kappa shape index (κ2) is 7.74. The molecule has 1 heterocycles. The number of halogens is 2. The van der Waals surface area contributed by atoms with Gasteiger partial charge in [-0.05, 0) is 31.7 Å². The van der Waals surface area contributed by atoms with Crippen LogP contribution in [0.15, 0.2) is 30.6 Å². The zero-order chi connectivity index (χ0) is 18.7. The van der Waals surface area contributed by atoms with Crippen LogP contribution in [0.3, 0.4) is 0 Å². The lowest BCUT2D eigenvalue weighted by Gasteiger charge is -2.38. The average Bonchev–Trinajstić information content (AvgIpc) is 2.58. The minimum Gasteiger partial charge on any atom is -0.393 e. The molecule has 1 aromatic carbocycles. The maximum Gasteiger partial charge on any atom is 0.254 e. The topological polar surface area (TPSA) is 87.1 Å². The third-order valence-electron chi connectivity index (χ3n) is 4.45. The van der Waals surface area contributed by atoms with Crippen LogP contribution in [-0.4, -0.2) is 33.6 Å². The van der Waals surface area contributed by atoms with E-state index >= 15 is 0 Å². The molecule has 3 rings (SSSR count). The lowest BCUT2D eigenvalue weighted by molar-refractivity contribution is 0.0229. The molecular formula is C18H20F2N4O2. The van der Waals surface area contributed by atoms with Gasteiger partial charge in [0, 0.05) is 30.6 Å². The van der Waals surface area contributed by atoms with E-state index in [0.717, 1.165) is 12.1 Å². The largest absolute Gasteiger partial charge is 0.393 e. The Balaban J connectivity index is 1.80. The molecule has 8 heteroatoms. The number of nitrogens with zero attached hydrogens (tertiary/aromatic N) is 2. The zero-order valence-electron chi connectivity index (χ0n) is 14.2. The number of nitrogens with one attached hydrogen (secondary N) is 2. The molecule has 1 aromatic heterocycles. The summed E-state index contributed by atoms with van der Waals surface area (Å²) in [6.07, 6.45) is 3.18. The van der Waals surface area contributed by atoms with Crippen LogP contribution in [-0.2, 0) is 0 Å². The van der Waals surface area contributed by atoms with Crippen molar-refractivity contribution in [1.29, 1.82) is 0 Å². The maximum absolute atomic E-state index is 14.2. The average molecular weight is 362 g/mol. The highest BCUT2D eigenvalue weighted by Crippen LogP contribution is 2.39. The Bertz CT molecular complexity index is 779. The van der Waals surface area contributed by atoms with Crippen LogP contribution in [0.4, 0.5) is 14.7 Å². The predicted octanol–water partition coefficient (Wildman–Crippen LogP) is 2.43. The molecule has 3 N–H and O–H groups in total. The highest BCUT2D eigenvalue weighted by molar-refractivity contribution is 5.94. The van der Waals surface area contributed by atoms with Gasteiger partial charge in [0.1, 0.15) is 11.6 Å². The van der Waals surface area contributed by atoms with E-state index in [9.17, 15) is 18.7 Å². The van der Waals surface area contributed by atoms with Crippen LogP contribution < -0.4 is 10.6 Å². The van der Waals surface area contributed by atoms with Crippen molar-refractivity contribution < 1.29 is 18.7 Å². The first-order chi connectivity index (χ1) is 12.5. The molecule has 1 amide bonds. The van der Waals surface area contributed by atoms with E-state index < -0.39 is 29.7 Å². The Morgan fingerprint density at radius 2 is 2.00 bits per heavy atom. The number of benzene rings is 1. The minimum atomic E-state index is -0.726. The van der Waals surface area contributed by atoms with Gasteiger partial charge in [0.25, 0.3) is 5.91 Å². The Morgan fingerprint density at radius 3 is 2.58 bits per heavy atom. The summed E-state index contributed by atoms with van der Waals surface area (Å²) < 4.78 is 27.4. The van der Waals surface area contributed by atoms with Crippen LogP contribution in [0, 0.1) is 17.6 Å². The smallest absolute Gasteiger partial charge is 0.254 e. The van der Waals surface area contributed by atoms with E-state index in [2.05, 4.69) is 20.6 Å². The first-order valence-corrected chi connectivity index (χ1v) is 8.47. The molecule has 0 bridgehead atoms. The normalized spacial score (nSPS) is 20.2. The molecule has 1 atom stereocenters. The fourth-order valence-corrected chi connectivity index (χ4v) is 3.02. The quantitative estimate of drug-likeness (QED) is 0.735. The van der Waals surface area contributed by atoms with Crippen LogP contribution in [0.25, 0.3) is 0 Å². The Morgan fingerprint density at radius 1 is 1.31 bits per heavy atom.